The summed E-state index contributed by atoms with van der Waals surface area (Å²) < 4.78 is 0. The van der Waals surface area contributed by atoms with E-state index in [4.69, 9.17) is 0 Å². The minimum absolute atomic E-state index is 0.0655. The molecule has 16 heavy (non-hydrogen) atoms. The van der Waals surface area contributed by atoms with E-state index in [1.54, 1.807) is 24.3 Å². The lowest BCUT2D eigenvalue weighted by atomic mass is 10.1. The zero-order valence-corrected chi connectivity index (χ0v) is 10.3. The summed E-state index contributed by atoms with van der Waals surface area (Å²) in [5.41, 5.74) is 0.866. The second-order valence-electron chi connectivity index (χ2n) is 4.89. The molecule has 0 atom stereocenters. The lowest BCUT2D eigenvalue weighted by Crippen LogP contribution is -2.46. The Morgan fingerprint density at radius 3 is 2.44 bits per heavy atom. The summed E-state index contributed by atoms with van der Waals surface area (Å²) in [6.07, 6.45) is 3.45. The summed E-state index contributed by atoms with van der Waals surface area (Å²) in [4.78, 5) is 17.4. The minimum atomic E-state index is -0.205. The van der Waals surface area contributed by atoms with Crippen molar-refractivity contribution in [1.29, 1.82) is 0 Å². The average Bonchev–Trinajstić information content (AvgIpc) is 2.16. The minimum Gasteiger partial charge on any atom is -0.333 e. The van der Waals surface area contributed by atoms with Crippen molar-refractivity contribution in [3.05, 3.63) is 30.1 Å². The molecule has 0 saturated carbocycles. The summed E-state index contributed by atoms with van der Waals surface area (Å²) in [5.74, 6) is 0. The summed E-state index contributed by atoms with van der Waals surface area (Å²) >= 11 is 0. The molecule has 0 bridgehead atoms. The number of amides is 2. The Kier molecular flexibility index (Phi) is 3.88. The maximum atomic E-state index is 11.8. The molecule has 0 spiro atoms. The maximum Gasteiger partial charge on any atom is 0.317 e. The van der Waals surface area contributed by atoms with E-state index < -0.39 is 0 Å². The molecule has 0 aliphatic heterocycles. The number of urea groups is 1. The van der Waals surface area contributed by atoms with Crippen LogP contribution in [-0.4, -0.2) is 28.5 Å². The fourth-order valence-electron chi connectivity index (χ4n) is 1.25. The van der Waals surface area contributed by atoms with Crippen LogP contribution in [0.2, 0.25) is 0 Å². The van der Waals surface area contributed by atoms with Gasteiger partial charge in [0, 0.05) is 31.5 Å². The Morgan fingerprint density at radius 1 is 1.38 bits per heavy atom. The largest absolute Gasteiger partial charge is 0.333 e. The predicted molar refractivity (Wildman–Crippen MR) is 64.0 cm³/mol. The first-order valence-corrected chi connectivity index (χ1v) is 5.31. The highest BCUT2D eigenvalue weighted by Gasteiger charge is 2.16. The van der Waals surface area contributed by atoms with Gasteiger partial charge in [0.2, 0.25) is 0 Å². The van der Waals surface area contributed by atoms with Crippen LogP contribution in [0, 0.1) is 0 Å². The first kappa shape index (κ1) is 12.5. The Morgan fingerprint density at radius 2 is 1.94 bits per heavy atom. The molecule has 1 aromatic rings. The molecule has 0 aliphatic rings. The van der Waals surface area contributed by atoms with Crippen molar-refractivity contribution in [1.82, 2.24) is 15.2 Å². The van der Waals surface area contributed by atoms with Crippen molar-refractivity contribution in [2.75, 3.05) is 7.05 Å². The normalized spacial score (nSPS) is 11.0. The topological polar surface area (TPSA) is 45.2 Å². The van der Waals surface area contributed by atoms with Gasteiger partial charge in [-0.05, 0) is 38.5 Å². The quantitative estimate of drug-likeness (QED) is 0.830. The second-order valence-corrected chi connectivity index (χ2v) is 4.89. The molecule has 1 rings (SSSR count). The molecule has 2 amide bonds. The molecule has 4 nitrogen and oxygen atoms in total. The van der Waals surface area contributed by atoms with Gasteiger partial charge in [0.25, 0.3) is 0 Å². The van der Waals surface area contributed by atoms with Crippen molar-refractivity contribution < 1.29 is 4.79 Å². The molecule has 4 heteroatoms. The standard InChI is InChI=1S/C12H19N3O/c1-12(2,3)14-11(16)15(4)9-10-5-7-13-8-6-10/h5-8H,9H2,1-4H3,(H,14,16). The van der Waals surface area contributed by atoms with Gasteiger partial charge in [-0.2, -0.15) is 0 Å². The van der Waals surface area contributed by atoms with E-state index in [9.17, 15) is 4.79 Å². The van der Waals surface area contributed by atoms with E-state index in [1.807, 2.05) is 32.9 Å². The second kappa shape index (κ2) is 4.96. The average molecular weight is 221 g/mol. The van der Waals surface area contributed by atoms with Crippen molar-refractivity contribution in [3.8, 4) is 0 Å². The van der Waals surface area contributed by atoms with Gasteiger partial charge in [0.1, 0.15) is 0 Å². The van der Waals surface area contributed by atoms with Crippen LogP contribution in [0.5, 0.6) is 0 Å². The van der Waals surface area contributed by atoms with Gasteiger partial charge in [-0.25, -0.2) is 4.79 Å². The summed E-state index contributed by atoms with van der Waals surface area (Å²) in [7, 11) is 1.78. The third-order valence-corrected chi connectivity index (χ3v) is 2.00. The summed E-state index contributed by atoms with van der Waals surface area (Å²) in [6.45, 7) is 6.48. The molecule has 0 aliphatic carbocycles. The van der Waals surface area contributed by atoms with E-state index in [0.717, 1.165) is 5.56 Å². The molecular formula is C12H19N3O. The summed E-state index contributed by atoms with van der Waals surface area (Å²) in [5, 5.41) is 2.91. The molecule has 1 aromatic heterocycles. The Balaban J connectivity index is 2.53. The molecule has 0 radical (unpaired) electrons. The van der Waals surface area contributed by atoms with Crippen LogP contribution in [0.3, 0.4) is 0 Å². The van der Waals surface area contributed by atoms with Crippen LogP contribution < -0.4 is 5.32 Å². The zero-order valence-electron chi connectivity index (χ0n) is 10.3. The Labute approximate surface area is 96.7 Å². The Bertz CT molecular complexity index is 343. The van der Waals surface area contributed by atoms with Gasteiger partial charge in [-0.3, -0.25) is 4.98 Å². The van der Waals surface area contributed by atoms with Crippen molar-refractivity contribution in [3.63, 3.8) is 0 Å². The van der Waals surface area contributed by atoms with Gasteiger partial charge in [-0.15, -0.1) is 0 Å². The number of nitrogens with one attached hydrogen (secondary N) is 1. The van der Waals surface area contributed by atoms with Crippen LogP contribution in [0.4, 0.5) is 4.79 Å². The predicted octanol–water partition coefficient (Wildman–Crippen LogP) is 2.02. The van der Waals surface area contributed by atoms with E-state index >= 15 is 0 Å². The first-order valence-electron chi connectivity index (χ1n) is 5.31. The molecule has 0 unspecified atom stereocenters. The number of carbonyl (C=O) groups excluding carboxylic acids is 1. The van der Waals surface area contributed by atoms with Gasteiger partial charge < -0.3 is 10.2 Å². The fourth-order valence-corrected chi connectivity index (χ4v) is 1.25. The van der Waals surface area contributed by atoms with Gasteiger partial charge >= 0.3 is 6.03 Å². The van der Waals surface area contributed by atoms with Crippen LogP contribution in [-0.2, 0) is 6.54 Å². The van der Waals surface area contributed by atoms with E-state index in [2.05, 4.69) is 10.3 Å². The third-order valence-electron chi connectivity index (χ3n) is 2.00. The molecule has 0 aromatic carbocycles. The molecule has 0 saturated heterocycles. The number of aromatic nitrogens is 1. The van der Waals surface area contributed by atoms with Gasteiger partial charge in [0.05, 0.1) is 0 Å². The highest BCUT2D eigenvalue weighted by molar-refractivity contribution is 5.74. The number of hydrogen-bond acceptors (Lipinski definition) is 2. The SMILES string of the molecule is CN(Cc1ccncc1)C(=O)NC(C)(C)C. The van der Waals surface area contributed by atoms with E-state index in [1.165, 1.54) is 0 Å². The molecule has 0 fully saturated rings. The van der Waals surface area contributed by atoms with E-state index in [-0.39, 0.29) is 11.6 Å². The number of pyridine rings is 1. The van der Waals surface area contributed by atoms with Crippen LogP contribution in [0.25, 0.3) is 0 Å². The molecule has 1 heterocycles. The van der Waals surface area contributed by atoms with Crippen molar-refractivity contribution >= 4 is 6.03 Å². The maximum absolute atomic E-state index is 11.8. The van der Waals surface area contributed by atoms with Crippen LogP contribution >= 0.6 is 0 Å². The highest BCUT2D eigenvalue weighted by Crippen LogP contribution is 2.04. The fraction of sp³-hybridized carbons (Fsp3) is 0.500. The van der Waals surface area contributed by atoms with Gasteiger partial charge in [0.15, 0.2) is 0 Å². The summed E-state index contributed by atoms with van der Waals surface area (Å²) in [6, 6.07) is 3.74. The Hall–Kier alpha value is -1.58. The van der Waals surface area contributed by atoms with Crippen LogP contribution in [0.15, 0.2) is 24.5 Å². The number of carbonyl (C=O) groups is 1. The molecule has 88 valence electrons. The van der Waals surface area contributed by atoms with E-state index in [0.29, 0.717) is 6.54 Å². The highest BCUT2D eigenvalue weighted by atomic mass is 16.2. The number of rotatable bonds is 2. The first-order chi connectivity index (χ1) is 7.38. The smallest absolute Gasteiger partial charge is 0.317 e. The zero-order chi connectivity index (χ0) is 12.2. The van der Waals surface area contributed by atoms with Crippen molar-refractivity contribution in [2.45, 2.75) is 32.9 Å². The number of hydrogen-bond donors (Lipinski definition) is 1. The molecular weight excluding hydrogens is 202 g/mol. The lowest BCUT2D eigenvalue weighted by molar-refractivity contribution is 0.197. The van der Waals surface area contributed by atoms with Crippen LogP contribution in [0.1, 0.15) is 26.3 Å². The third kappa shape index (κ3) is 4.29. The molecule has 1 N–H and O–H groups in total. The van der Waals surface area contributed by atoms with Crippen molar-refractivity contribution in [2.24, 2.45) is 0 Å². The monoisotopic (exact) mass is 221 g/mol. The van der Waals surface area contributed by atoms with Gasteiger partial charge in [-0.1, -0.05) is 0 Å². The lowest BCUT2D eigenvalue weighted by Gasteiger charge is -2.25. The number of nitrogens with zero attached hydrogens (tertiary/aromatic N) is 2.